The van der Waals surface area contributed by atoms with Crippen LogP contribution in [0.2, 0.25) is 0 Å². The molecule has 2 rings (SSSR count). The summed E-state index contributed by atoms with van der Waals surface area (Å²) < 4.78 is 0. The summed E-state index contributed by atoms with van der Waals surface area (Å²) in [6.07, 6.45) is 3.93. The molecule has 1 fully saturated rings. The van der Waals surface area contributed by atoms with Crippen LogP contribution in [0.4, 0.5) is 0 Å². The smallest absolute Gasteiger partial charge is 0.239 e. The molecule has 1 N–H and O–H groups in total. The normalized spacial score (nSPS) is 17.2. The third-order valence-electron chi connectivity index (χ3n) is 2.21. The van der Waals surface area contributed by atoms with Crippen LogP contribution in [0.1, 0.15) is 5.69 Å². The van der Waals surface area contributed by atoms with Crippen molar-refractivity contribution in [2.75, 3.05) is 18.1 Å². The number of nitrogens with zero attached hydrogens (tertiary/aromatic N) is 2. The largest absolute Gasteiger partial charge is 0.348 e. The van der Waals surface area contributed by atoms with Crippen molar-refractivity contribution < 1.29 is 9.59 Å². The molecule has 0 saturated carbocycles. The van der Waals surface area contributed by atoms with Crippen molar-refractivity contribution in [3.05, 3.63) is 18.2 Å². The first-order chi connectivity index (χ1) is 7.27. The minimum atomic E-state index is -0.0873. The summed E-state index contributed by atoms with van der Waals surface area (Å²) in [6.45, 7) is 0.445. The second-order valence-corrected chi connectivity index (χ2v) is 4.24. The van der Waals surface area contributed by atoms with E-state index in [-0.39, 0.29) is 11.8 Å². The van der Waals surface area contributed by atoms with Crippen LogP contribution in [0.3, 0.4) is 0 Å². The van der Waals surface area contributed by atoms with E-state index in [1.54, 1.807) is 12.5 Å². The molecule has 0 unspecified atom stereocenters. The fraction of sp³-hybridized carbons (Fsp3) is 0.444. The van der Waals surface area contributed by atoms with Gasteiger partial charge >= 0.3 is 0 Å². The molecule has 15 heavy (non-hydrogen) atoms. The Bertz CT molecular complexity index is 347. The van der Waals surface area contributed by atoms with Gasteiger partial charge in [-0.05, 0) is 0 Å². The molecule has 0 bridgehead atoms. The molecule has 0 aromatic carbocycles. The van der Waals surface area contributed by atoms with E-state index in [4.69, 9.17) is 0 Å². The van der Waals surface area contributed by atoms with Gasteiger partial charge in [0.15, 0.2) is 0 Å². The predicted molar refractivity (Wildman–Crippen MR) is 56.3 cm³/mol. The first-order valence-corrected chi connectivity index (χ1v) is 5.81. The number of amides is 2. The van der Waals surface area contributed by atoms with Crippen molar-refractivity contribution in [3.8, 4) is 0 Å². The Hall–Kier alpha value is -1.30. The minimum absolute atomic E-state index is 0.0873. The number of imide groups is 1. The molecule has 1 aromatic heterocycles. The standard InChI is InChI=1S/C9H11N3O2S/c13-8-4-15-5-9(14)12(8)2-1-7-3-10-6-11-7/h3,6H,1-2,4-5H2,(H,10,11). The highest BCUT2D eigenvalue weighted by atomic mass is 32.2. The highest BCUT2D eigenvalue weighted by Gasteiger charge is 2.25. The third-order valence-corrected chi connectivity index (χ3v) is 3.11. The molecule has 0 atom stereocenters. The average Bonchev–Trinajstić information content (AvgIpc) is 2.70. The summed E-state index contributed by atoms with van der Waals surface area (Å²) in [6, 6.07) is 0. The Morgan fingerprint density at radius 2 is 2.13 bits per heavy atom. The van der Waals surface area contributed by atoms with Crippen LogP contribution in [-0.4, -0.2) is 44.7 Å². The third kappa shape index (κ3) is 2.38. The minimum Gasteiger partial charge on any atom is -0.348 e. The van der Waals surface area contributed by atoms with Crippen molar-refractivity contribution in [1.29, 1.82) is 0 Å². The lowest BCUT2D eigenvalue weighted by Gasteiger charge is -2.24. The topological polar surface area (TPSA) is 66.1 Å². The molecule has 5 nitrogen and oxygen atoms in total. The summed E-state index contributed by atoms with van der Waals surface area (Å²) in [7, 11) is 0. The first kappa shape index (κ1) is 10.2. The molecule has 0 spiro atoms. The molecule has 1 aromatic rings. The van der Waals surface area contributed by atoms with Crippen LogP contribution in [-0.2, 0) is 16.0 Å². The molecule has 6 heteroatoms. The van der Waals surface area contributed by atoms with Gasteiger partial charge in [-0.25, -0.2) is 4.98 Å². The van der Waals surface area contributed by atoms with E-state index in [9.17, 15) is 9.59 Å². The number of carbonyl (C=O) groups is 2. The summed E-state index contributed by atoms with van der Waals surface area (Å²) >= 11 is 1.38. The number of aromatic nitrogens is 2. The second kappa shape index (κ2) is 4.48. The summed E-state index contributed by atoms with van der Waals surface area (Å²) in [5.41, 5.74) is 0.939. The lowest BCUT2D eigenvalue weighted by atomic mass is 10.3. The summed E-state index contributed by atoms with van der Waals surface area (Å²) in [5, 5.41) is 0. The zero-order chi connectivity index (χ0) is 10.7. The maximum Gasteiger partial charge on any atom is 0.239 e. The Morgan fingerprint density at radius 1 is 1.40 bits per heavy atom. The maximum atomic E-state index is 11.4. The Morgan fingerprint density at radius 3 is 2.73 bits per heavy atom. The highest BCUT2D eigenvalue weighted by molar-refractivity contribution is 8.00. The Labute approximate surface area is 91.3 Å². The molecule has 1 aliphatic heterocycles. The molecule has 1 aliphatic rings. The van der Waals surface area contributed by atoms with Crippen LogP contribution in [0, 0.1) is 0 Å². The number of carbonyl (C=O) groups excluding carboxylic acids is 2. The Balaban J connectivity index is 1.92. The number of H-pyrrole nitrogens is 1. The zero-order valence-corrected chi connectivity index (χ0v) is 8.92. The van der Waals surface area contributed by atoms with Crippen molar-refractivity contribution >= 4 is 23.6 Å². The van der Waals surface area contributed by atoms with Gasteiger partial charge in [-0.1, -0.05) is 0 Å². The van der Waals surface area contributed by atoms with Crippen LogP contribution in [0.5, 0.6) is 0 Å². The molecule has 1 saturated heterocycles. The predicted octanol–water partition coefficient (Wildman–Crippen LogP) is 0.0542. The molecule has 2 amide bonds. The van der Waals surface area contributed by atoms with Gasteiger partial charge in [-0.15, -0.1) is 11.8 Å². The van der Waals surface area contributed by atoms with Crippen LogP contribution in [0.25, 0.3) is 0 Å². The van der Waals surface area contributed by atoms with E-state index in [0.29, 0.717) is 24.5 Å². The van der Waals surface area contributed by atoms with Gasteiger partial charge in [0.25, 0.3) is 0 Å². The number of nitrogens with one attached hydrogen (secondary N) is 1. The van der Waals surface area contributed by atoms with Gasteiger partial charge in [0, 0.05) is 24.9 Å². The van der Waals surface area contributed by atoms with Gasteiger partial charge in [0.1, 0.15) is 0 Å². The van der Waals surface area contributed by atoms with Crippen molar-refractivity contribution in [2.24, 2.45) is 0 Å². The number of aromatic amines is 1. The van der Waals surface area contributed by atoms with Crippen molar-refractivity contribution in [2.45, 2.75) is 6.42 Å². The van der Waals surface area contributed by atoms with Crippen LogP contribution in [0.15, 0.2) is 12.5 Å². The van der Waals surface area contributed by atoms with Crippen LogP contribution < -0.4 is 0 Å². The van der Waals surface area contributed by atoms with Gasteiger partial charge in [-0.2, -0.15) is 0 Å². The fourth-order valence-corrected chi connectivity index (χ4v) is 2.19. The quantitative estimate of drug-likeness (QED) is 0.738. The number of hydrogen-bond donors (Lipinski definition) is 1. The zero-order valence-electron chi connectivity index (χ0n) is 8.10. The van der Waals surface area contributed by atoms with Gasteiger partial charge in [0.05, 0.1) is 17.8 Å². The highest BCUT2D eigenvalue weighted by Crippen LogP contribution is 2.12. The van der Waals surface area contributed by atoms with E-state index in [0.717, 1.165) is 5.69 Å². The molecule has 2 heterocycles. The molecule has 0 radical (unpaired) electrons. The maximum absolute atomic E-state index is 11.4. The fourth-order valence-electron chi connectivity index (χ4n) is 1.42. The van der Waals surface area contributed by atoms with Crippen molar-refractivity contribution in [3.63, 3.8) is 0 Å². The van der Waals surface area contributed by atoms with E-state index in [2.05, 4.69) is 9.97 Å². The first-order valence-electron chi connectivity index (χ1n) is 4.65. The number of rotatable bonds is 3. The van der Waals surface area contributed by atoms with Gasteiger partial charge in [-0.3, -0.25) is 14.5 Å². The monoisotopic (exact) mass is 225 g/mol. The van der Waals surface area contributed by atoms with E-state index in [1.165, 1.54) is 16.7 Å². The lowest BCUT2D eigenvalue weighted by Crippen LogP contribution is -2.44. The molecule has 0 aliphatic carbocycles. The lowest BCUT2D eigenvalue weighted by molar-refractivity contribution is -0.142. The molecular formula is C9H11N3O2S. The number of hydrogen-bond acceptors (Lipinski definition) is 4. The Kier molecular flexibility index (Phi) is 3.05. The SMILES string of the molecule is O=C1CSCC(=O)N1CCc1cnc[nH]1. The van der Waals surface area contributed by atoms with E-state index >= 15 is 0 Å². The van der Waals surface area contributed by atoms with Crippen LogP contribution >= 0.6 is 11.8 Å². The van der Waals surface area contributed by atoms with Gasteiger partial charge < -0.3 is 4.98 Å². The molecule has 80 valence electrons. The second-order valence-electron chi connectivity index (χ2n) is 3.26. The van der Waals surface area contributed by atoms with Gasteiger partial charge in [0.2, 0.25) is 11.8 Å². The number of thioether (sulfide) groups is 1. The summed E-state index contributed by atoms with van der Waals surface area (Å²) in [5.74, 6) is 0.648. The number of imidazole rings is 1. The van der Waals surface area contributed by atoms with Crippen molar-refractivity contribution in [1.82, 2.24) is 14.9 Å². The van der Waals surface area contributed by atoms with E-state index < -0.39 is 0 Å². The summed E-state index contributed by atoms with van der Waals surface area (Å²) in [4.78, 5) is 31.0. The average molecular weight is 225 g/mol. The molecular weight excluding hydrogens is 214 g/mol. The van der Waals surface area contributed by atoms with E-state index in [1.807, 2.05) is 0 Å².